The summed E-state index contributed by atoms with van der Waals surface area (Å²) in [5.41, 5.74) is 1.78. The number of benzene rings is 1. The van der Waals surface area contributed by atoms with E-state index in [1.54, 1.807) is 13.4 Å². The van der Waals surface area contributed by atoms with Crippen molar-refractivity contribution in [2.75, 3.05) is 7.11 Å². The van der Waals surface area contributed by atoms with Crippen molar-refractivity contribution in [3.05, 3.63) is 36.7 Å². The molecule has 0 aliphatic heterocycles. The van der Waals surface area contributed by atoms with Gasteiger partial charge in [0.1, 0.15) is 6.33 Å². The predicted molar refractivity (Wildman–Crippen MR) is 77.6 cm³/mol. The Morgan fingerprint density at radius 3 is 2.90 bits per heavy atom. The van der Waals surface area contributed by atoms with E-state index in [4.69, 9.17) is 4.74 Å². The van der Waals surface area contributed by atoms with E-state index < -0.39 is 0 Å². The Balaban J connectivity index is 2.20. The molecule has 0 fully saturated rings. The van der Waals surface area contributed by atoms with Crippen LogP contribution in [0.4, 0.5) is 0 Å². The van der Waals surface area contributed by atoms with Crippen molar-refractivity contribution < 1.29 is 4.74 Å². The summed E-state index contributed by atoms with van der Waals surface area (Å²) in [6.07, 6.45) is 2.57. The molecular weight excluding hydrogens is 252 g/mol. The normalized spacial score (nSPS) is 10.9. The van der Waals surface area contributed by atoms with Gasteiger partial charge in [-0.2, -0.15) is 5.10 Å². The number of aromatic nitrogens is 4. The molecular formula is C15H16N4O. The van der Waals surface area contributed by atoms with E-state index in [0.29, 0.717) is 5.88 Å². The molecule has 0 saturated heterocycles. The highest BCUT2D eigenvalue weighted by molar-refractivity contribution is 5.84. The van der Waals surface area contributed by atoms with Crippen LogP contribution in [-0.4, -0.2) is 26.9 Å². The van der Waals surface area contributed by atoms with E-state index >= 15 is 0 Å². The minimum atomic E-state index is 0.578. The second-order valence-corrected chi connectivity index (χ2v) is 4.54. The van der Waals surface area contributed by atoms with Gasteiger partial charge in [0, 0.05) is 11.9 Å². The van der Waals surface area contributed by atoms with Crippen LogP contribution in [0.1, 0.15) is 13.3 Å². The molecule has 2 aromatic heterocycles. The quantitative estimate of drug-likeness (QED) is 0.730. The molecule has 0 radical (unpaired) electrons. The van der Waals surface area contributed by atoms with Crippen molar-refractivity contribution in [2.24, 2.45) is 0 Å². The number of methoxy groups -OCH3 is 1. The Morgan fingerprint density at radius 1 is 1.25 bits per heavy atom. The van der Waals surface area contributed by atoms with Crippen molar-refractivity contribution in [1.82, 2.24) is 19.7 Å². The zero-order valence-corrected chi connectivity index (χ0v) is 11.6. The molecule has 1 aromatic carbocycles. The topological polar surface area (TPSA) is 52.8 Å². The fourth-order valence-electron chi connectivity index (χ4n) is 2.26. The molecule has 0 aliphatic rings. The second-order valence-electron chi connectivity index (χ2n) is 4.54. The number of hydrogen-bond donors (Lipinski definition) is 0. The summed E-state index contributed by atoms with van der Waals surface area (Å²) in [5, 5.41) is 5.32. The van der Waals surface area contributed by atoms with Gasteiger partial charge in [-0.25, -0.2) is 14.6 Å². The van der Waals surface area contributed by atoms with Crippen molar-refractivity contribution in [3.8, 4) is 17.3 Å². The summed E-state index contributed by atoms with van der Waals surface area (Å²) in [7, 11) is 1.63. The highest BCUT2D eigenvalue weighted by atomic mass is 16.5. The first-order valence-corrected chi connectivity index (χ1v) is 6.65. The lowest BCUT2D eigenvalue weighted by Crippen LogP contribution is -2.03. The van der Waals surface area contributed by atoms with Crippen LogP contribution in [-0.2, 0) is 6.54 Å². The van der Waals surface area contributed by atoms with E-state index in [1.807, 2.05) is 28.9 Å². The molecule has 0 unspecified atom stereocenters. The first kappa shape index (κ1) is 12.6. The van der Waals surface area contributed by atoms with Crippen molar-refractivity contribution in [2.45, 2.75) is 19.9 Å². The maximum atomic E-state index is 5.42. The molecule has 3 rings (SSSR count). The zero-order valence-electron chi connectivity index (χ0n) is 11.6. The van der Waals surface area contributed by atoms with Gasteiger partial charge >= 0.3 is 0 Å². The van der Waals surface area contributed by atoms with Crippen LogP contribution in [0.3, 0.4) is 0 Å². The van der Waals surface area contributed by atoms with E-state index in [-0.39, 0.29) is 0 Å². The highest BCUT2D eigenvalue weighted by Crippen LogP contribution is 2.30. The van der Waals surface area contributed by atoms with Crippen molar-refractivity contribution >= 4 is 10.9 Å². The van der Waals surface area contributed by atoms with Gasteiger partial charge in [-0.15, -0.1) is 0 Å². The minimum absolute atomic E-state index is 0.578. The molecule has 0 atom stereocenters. The van der Waals surface area contributed by atoms with Crippen LogP contribution >= 0.6 is 0 Å². The summed E-state index contributed by atoms with van der Waals surface area (Å²) >= 11 is 0. The molecule has 0 amide bonds. The van der Waals surface area contributed by atoms with Crippen LogP contribution in [0, 0.1) is 0 Å². The largest absolute Gasteiger partial charge is 0.480 e. The van der Waals surface area contributed by atoms with Gasteiger partial charge in [-0.05, 0) is 18.6 Å². The number of ether oxygens (including phenoxy) is 1. The standard InChI is InChI=1S/C15H16N4O/c1-3-8-19-14(16-10-17-19)12-9-11-6-4-5-7-13(11)18-15(12)20-2/h4-7,9-10H,3,8H2,1-2H3. The molecule has 2 heterocycles. The average molecular weight is 268 g/mol. The molecule has 3 aromatic rings. The fraction of sp³-hybridized carbons (Fsp3) is 0.267. The molecule has 0 spiro atoms. The van der Waals surface area contributed by atoms with Crippen molar-refractivity contribution in [1.29, 1.82) is 0 Å². The van der Waals surface area contributed by atoms with Gasteiger partial charge in [0.2, 0.25) is 5.88 Å². The molecule has 0 N–H and O–H groups in total. The summed E-state index contributed by atoms with van der Waals surface area (Å²) < 4.78 is 7.30. The number of pyridine rings is 1. The number of hydrogen-bond acceptors (Lipinski definition) is 4. The fourth-order valence-corrected chi connectivity index (χ4v) is 2.26. The first-order valence-electron chi connectivity index (χ1n) is 6.65. The smallest absolute Gasteiger partial charge is 0.224 e. The lowest BCUT2D eigenvalue weighted by Gasteiger charge is -2.10. The van der Waals surface area contributed by atoms with Crippen LogP contribution in [0.5, 0.6) is 5.88 Å². The van der Waals surface area contributed by atoms with E-state index in [0.717, 1.165) is 35.3 Å². The summed E-state index contributed by atoms with van der Waals surface area (Å²) in [6.45, 7) is 2.94. The van der Waals surface area contributed by atoms with Crippen molar-refractivity contribution in [3.63, 3.8) is 0 Å². The van der Waals surface area contributed by atoms with E-state index in [2.05, 4.69) is 28.1 Å². The SMILES string of the molecule is CCCn1ncnc1-c1cc2ccccc2nc1OC. The Morgan fingerprint density at radius 2 is 2.10 bits per heavy atom. The molecule has 0 saturated carbocycles. The number of fused-ring (bicyclic) bond motifs is 1. The van der Waals surface area contributed by atoms with E-state index in [1.165, 1.54) is 0 Å². The number of rotatable bonds is 4. The molecule has 20 heavy (non-hydrogen) atoms. The second kappa shape index (κ2) is 5.28. The Labute approximate surface area is 117 Å². The van der Waals surface area contributed by atoms with E-state index in [9.17, 15) is 0 Å². The predicted octanol–water partition coefficient (Wildman–Crippen LogP) is 2.91. The zero-order chi connectivity index (χ0) is 13.9. The maximum Gasteiger partial charge on any atom is 0.224 e. The van der Waals surface area contributed by atoms with Gasteiger partial charge in [-0.3, -0.25) is 0 Å². The van der Waals surface area contributed by atoms with Crippen LogP contribution in [0.25, 0.3) is 22.3 Å². The Bertz CT molecular complexity index is 736. The van der Waals surface area contributed by atoms with Crippen LogP contribution in [0.2, 0.25) is 0 Å². The lowest BCUT2D eigenvalue weighted by molar-refractivity contribution is 0.400. The summed E-state index contributed by atoms with van der Waals surface area (Å²) in [5.74, 6) is 1.37. The molecule has 0 aliphatic carbocycles. The van der Waals surface area contributed by atoms with Crippen LogP contribution < -0.4 is 4.74 Å². The molecule has 102 valence electrons. The van der Waals surface area contributed by atoms with Gasteiger partial charge in [-0.1, -0.05) is 25.1 Å². The Kier molecular flexibility index (Phi) is 3.33. The third kappa shape index (κ3) is 2.11. The molecule has 0 bridgehead atoms. The number of para-hydroxylation sites is 1. The van der Waals surface area contributed by atoms with Gasteiger partial charge in [0.05, 0.1) is 18.2 Å². The minimum Gasteiger partial charge on any atom is -0.480 e. The maximum absolute atomic E-state index is 5.42. The summed E-state index contributed by atoms with van der Waals surface area (Å²) in [4.78, 5) is 8.90. The van der Waals surface area contributed by atoms with Gasteiger partial charge in [0.15, 0.2) is 5.82 Å². The van der Waals surface area contributed by atoms with Gasteiger partial charge in [0.25, 0.3) is 0 Å². The summed E-state index contributed by atoms with van der Waals surface area (Å²) in [6, 6.07) is 10.0. The van der Waals surface area contributed by atoms with Gasteiger partial charge < -0.3 is 4.74 Å². The van der Waals surface area contributed by atoms with Crippen LogP contribution in [0.15, 0.2) is 36.7 Å². The third-order valence-electron chi connectivity index (χ3n) is 3.17. The monoisotopic (exact) mass is 268 g/mol. The average Bonchev–Trinajstić information content (AvgIpc) is 2.94. The number of aryl methyl sites for hydroxylation is 1. The first-order chi connectivity index (χ1) is 9.83. The highest BCUT2D eigenvalue weighted by Gasteiger charge is 2.14. The lowest BCUT2D eigenvalue weighted by atomic mass is 10.1. The third-order valence-corrected chi connectivity index (χ3v) is 3.17. The number of nitrogens with zero attached hydrogens (tertiary/aromatic N) is 4. The molecule has 5 heteroatoms. The molecule has 5 nitrogen and oxygen atoms in total. The Hall–Kier alpha value is -2.43.